The van der Waals surface area contributed by atoms with Crippen LogP contribution < -0.4 is 13.6 Å². The average molecular weight is 867 g/mol. The van der Waals surface area contributed by atoms with Crippen molar-refractivity contribution in [1.29, 1.82) is 0 Å². The van der Waals surface area contributed by atoms with E-state index < -0.39 is 7.82 Å². The van der Waals surface area contributed by atoms with Crippen LogP contribution in [0, 0.1) is 41.5 Å². The average Bonchev–Trinajstić information content (AvgIpc) is 3.33. The van der Waals surface area contributed by atoms with Gasteiger partial charge >= 0.3 is 7.82 Å². The van der Waals surface area contributed by atoms with Crippen LogP contribution in [0.3, 0.4) is 0 Å². The third kappa shape index (κ3) is 8.66. The second-order valence-electron chi connectivity index (χ2n) is 16.6. The van der Waals surface area contributed by atoms with Gasteiger partial charge in [0.05, 0.1) is 0 Å². The molecule has 0 N–H and O–H groups in total. The van der Waals surface area contributed by atoms with Crippen molar-refractivity contribution in [1.82, 2.24) is 0 Å². The molecule has 0 radical (unpaired) electrons. The minimum Gasteiger partial charge on any atom is -0.385 e. The van der Waals surface area contributed by atoms with Crippen LogP contribution in [-0.2, 0) is 4.57 Å². The van der Waals surface area contributed by atoms with Gasteiger partial charge in [-0.3, -0.25) is 0 Å². The molecule has 0 saturated carbocycles. The van der Waals surface area contributed by atoms with E-state index in [0.717, 1.165) is 100 Å². The number of aryl methyl sites for hydroxylation is 3. The number of benzene rings is 9. The maximum absolute atomic E-state index is 16.7. The van der Waals surface area contributed by atoms with Crippen LogP contribution in [0.2, 0.25) is 0 Å². The molecule has 5 heteroatoms. The van der Waals surface area contributed by atoms with Crippen LogP contribution in [0.25, 0.3) is 66.8 Å². The molecule has 0 spiro atoms. The minimum atomic E-state index is -4.77. The maximum atomic E-state index is 16.7. The number of phosphoric acid groups is 1. The van der Waals surface area contributed by atoms with Crippen molar-refractivity contribution in [3.8, 4) is 84.0 Å². The van der Waals surface area contributed by atoms with Gasteiger partial charge in [0.15, 0.2) is 0 Å². The van der Waals surface area contributed by atoms with Crippen molar-refractivity contribution < 1.29 is 18.1 Å². The summed E-state index contributed by atoms with van der Waals surface area (Å²) in [5.74, 6) is 1.13. The second kappa shape index (κ2) is 18.4. The van der Waals surface area contributed by atoms with Crippen LogP contribution in [-0.4, -0.2) is 0 Å². The standard InChI is InChI=1S/C60H51O4P/c1-40-37-52(58(49-31-19-10-20-32-49)55(43(40)4)46-25-13-7-14-26-46)62-65(61,63-53-38-41(2)44(5)56(47-27-15-8-16-28-47)59(53)50-33-21-11-22-34-50)64-54-39-42(3)45(6)57(48-29-17-9-18-30-48)60(54)51-35-23-12-24-36-51/h7-39H,1-6H3. The Labute approximate surface area is 383 Å². The Morgan fingerprint density at radius 3 is 0.662 bits per heavy atom. The number of hydrogen-bond donors (Lipinski definition) is 0. The summed E-state index contributed by atoms with van der Waals surface area (Å²) in [4.78, 5) is 0. The lowest BCUT2D eigenvalue weighted by molar-refractivity contribution is 0.299. The third-order valence-electron chi connectivity index (χ3n) is 12.4. The summed E-state index contributed by atoms with van der Waals surface area (Å²) in [7, 11) is -4.77. The van der Waals surface area contributed by atoms with Gasteiger partial charge in [0.2, 0.25) is 0 Å². The highest BCUT2D eigenvalue weighted by atomic mass is 31.2. The Bertz CT molecular complexity index is 2830. The van der Waals surface area contributed by atoms with Crippen LogP contribution in [0.4, 0.5) is 0 Å². The van der Waals surface area contributed by atoms with Crippen molar-refractivity contribution in [2.75, 3.05) is 0 Å². The van der Waals surface area contributed by atoms with Crippen molar-refractivity contribution in [3.63, 3.8) is 0 Å². The third-order valence-corrected chi connectivity index (χ3v) is 13.7. The Hall–Kier alpha value is -7.39. The Morgan fingerprint density at radius 1 is 0.277 bits per heavy atom. The first kappa shape index (κ1) is 42.9. The van der Waals surface area contributed by atoms with E-state index in [1.165, 1.54) is 0 Å². The van der Waals surface area contributed by atoms with E-state index in [-0.39, 0.29) is 0 Å². The van der Waals surface area contributed by atoms with Gasteiger partial charge in [0.1, 0.15) is 17.2 Å². The van der Waals surface area contributed by atoms with Gasteiger partial charge in [-0.25, -0.2) is 0 Å². The van der Waals surface area contributed by atoms with Crippen LogP contribution in [0.15, 0.2) is 200 Å². The first-order valence-corrected chi connectivity index (χ1v) is 23.5. The van der Waals surface area contributed by atoms with E-state index in [2.05, 4.69) is 114 Å². The SMILES string of the molecule is Cc1cc(OP(=O)(Oc2cc(C)c(C)c(-c3ccccc3)c2-c2ccccc2)Oc2cc(C)c(C)c(-c3ccccc3)c2-c2ccccc2)c(-c2ccccc2)c(-c2ccccc2)c1C. The van der Waals surface area contributed by atoms with E-state index >= 15 is 4.57 Å². The molecule has 320 valence electrons. The summed E-state index contributed by atoms with van der Waals surface area (Å²) >= 11 is 0. The smallest absolute Gasteiger partial charge is 0.385 e. The molecule has 9 rings (SSSR count). The summed E-state index contributed by atoms with van der Waals surface area (Å²) in [6.07, 6.45) is 0. The van der Waals surface area contributed by atoms with Gasteiger partial charge < -0.3 is 13.6 Å². The second-order valence-corrected chi connectivity index (χ2v) is 18.1. The Morgan fingerprint density at radius 2 is 0.462 bits per heavy atom. The van der Waals surface area contributed by atoms with Crippen LogP contribution >= 0.6 is 7.82 Å². The number of phosphoric ester groups is 1. The minimum absolute atomic E-state index is 0.378. The molecule has 0 aliphatic carbocycles. The summed E-state index contributed by atoms with van der Waals surface area (Å²) in [5.41, 5.74) is 17.2. The fourth-order valence-electron chi connectivity index (χ4n) is 8.86. The van der Waals surface area contributed by atoms with E-state index in [4.69, 9.17) is 13.6 Å². The summed E-state index contributed by atoms with van der Waals surface area (Å²) in [5, 5.41) is 0. The lowest BCUT2D eigenvalue weighted by Gasteiger charge is -2.28. The van der Waals surface area contributed by atoms with Gasteiger partial charge in [-0.1, -0.05) is 182 Å². The molecule has 0 amide bonds. The molecule has 0 aromatic heterocycles. The Kier molecular flexibility index (Phi) is 12.1. The molecule has 0 heterocycles. The van der Waals surface area contributed by atoms with Crippen LogP contribution in [0.5, 0.6) is 17.2 Å². The first-order chi connectivity index (χ1) is 31.6. The van der Waals surface area contributed by atoms with Crippen LogP contribution in [0.1, 0.15) is 33.4 Å². The number of rotatable bonds is 12. The molecule has 0 unspecified atom stereocenters. The van der Waals surface area contributed by atoms with E-state index in [1.54, 1.807) is 0 Å². The monoisotopic (exact) mass is 866 g/mol. The van der Waals surface area contributed by atoms with E-state index in [0.29, 0.717) is 17.2 Å². The van der Waals surface area contributed by atoms with Crippen molar-refractivity contribution >= 4 is 7.82 Å². The molecule has 65 heavy (non-hydrogen) atoms. The molecule has 0 aliphatic rings. The maximum Gasteiger partial charge on any atom is 0.647 e. The summed E-state index contributed by atoms with van der Waals surface area (Å²) in [6, 6.07) is 67.1. The molecule has 0 atom stereocenters. The first-order valence-electron chi connectivity index (χ1n) is 22.0. The highest BCUT2D eigenvalue weighted by Gasteiger charge is 2.39. The predicted molar refractivity (Wildman–Crippen MR) is 270 cm³/mol. The van der Waals surface area contributed by atoms with Gasteiger partial charge in [-0.05, 0) is 143 Å². The largest absolute Gasteiger partial charge is 0.647 e. The zero-order valence-corrected chi connectivity index (χ0v) is 38.5. The zero-order chi connectivity index (χ0) is 45.1. The lowest BCUT2D eigenvalue weighted by atomic mass is 9.88. The van der Waals surface area contributed by atoms with Gasteiger partial charge in [-0.2, -0.15) is 4.57 Å². The van der Waals surface area contributed by atoms with Crippen molar-refractivity contribution in [3.05, 3.63) is 234 Å². The highest BCUT2D eigenvalue weighted by Crippen LogP contribution is 2.58. The molecule has 9 aromatic rings. The highest BCUT2D eigenvalue weighted by molar-refractivity contribution is 7.49. The van der Waals surface area contributed by atoms with Crippen molar-refractivity contribution in [2.24, 2.45) is 0 Å². The predicted octanol–water partition coefficient (Wildman–Crippen LogP) is 17.2. The van der Waals surface area contributed by atoms with Gasteiger partial charge in [-0.15, -0.1) is 0 Å². The lowest BCUT2D eigenvalue weighted by Crippen LogP contribution is -2.11. The normalized spacial score (nSPS) is 11.3. The van der Waals surface area contributed by atoms with Crippen molar-refractivity contribution in [2.45, 2.75) is 41.5 Å². The summed E-state index contributed by atoms with van der Waals surface area (Å²) in [6.45, 7) is 12.5. The topological polar surface area (TPSA) is 44.8 Å². The Balaban J connectivity index is 1.34. The summed E-state index contributed by atoms with van der Waals surface area (Å²) < 4.78 is 38.1. The molecule has 0 saturated heterocycles. The molecule has 4 nitrogen and oxygen atoms in total. The fourth-order valence-corrected chi connectivity index (χ4v) is 10.1. The van der Waals surface area contributed by atoms with E-state index in [1.807, 2.05) is 127 Å². The van der Waals surface area contributed by atoms with Gasteiger partial charge in [0.25, 0.3) is 0 Å². The molecule has 0 aliphatic heterocycles. The quantitative estimate of drug-likeness (QED) is 0.115. The van der Waals surface area contributed by atoms with Gasteiger partial charge in [0, 0.05) is 16.7 Å². The molecular formula is C60H51O4P. The molecule has 9 aromatic carbocycles. The zero-order valence-electron chi connectivity index (χ0n) is 37.6. The fraction of sp³-hybridized carbons (Fsp3) is 0.100. The number of hydrogen-bond acceptors (Lipinski definition) is 4. The van der Waals surface area contributed by atoms with E-state index in [9.17, 15) is 0 Å². The molecule has 0 bridgehead atoms. The molecular weight excluding hydrogens is 816 g/mol. The molecule has 0 fully saturated rings.